The van der Waals surface area contributed by atoms with E-state index in [2.05, 4.69) is 79.1 Å². The number of aromatic nitrogens is 2. The van der Waals surface area contributed by atoms with Gasteiger partial charge in [-0.2, -0.15) is 35.3 Å². The zero-order valence-corrected chi connectivity index (χ0v) is 73.5. The lowest BCUT2D eigenvalue weighted by Crippen LogP contribution is -2.61. The molecule has 8 rings (SSSR count). The lowest BCUT2D eigenvalue weighted by atomic mass is 9.99. The Bertz CT molecular complexity index is 4960. The number of nitrogens with two attached hydrogens (primary N) is 3. The third-order valence-corrected chi connectivity index (χ3v) is 24.0. The molecule has 2 aromatic heterocycles. The summed E-state index contributed by atoms with van der Waals surface area (Å²) in [6.45, 7) is 2.10. The molecule has 5 aromatic rings. The number of nitrogens with zero attached hydrogens (tertiary/aromatic N) is 3. The number of H-pyrrole nitrogens is 2. The number of aromatic amines is 2. The van der Waals surface area contributed by atoms with Crippen molar-refractivity contribution in [3.8, 4) is 0 Å². The number of para-hydroxylation sites is 2. The van der Waals surface area contributed by atoms with Gasteiger partial charge in [-0.15, -0.1) is 0 Å². The van der Waals surface area contributed by atoms with Crippen LogP contribution in [0.3, 0.4) is 0 Å². The van der Waals surface area contributed by atoms with Crippen molar-refractivity contribution < 1.29 is 106 Å². The Kier molecular flexibility index (Phi) is 39.2. The third kappa shape index (κ3) is 32.3. The molecule has 3 aliphatic heterocycles. The van der Waals surface area contributed by atoms with Gasteiger partial charge >= 0.3 is 11.9 Å². The van der Waals surface area contributed by atoms with E-state index in [1.165, 1.54) is 34.2 Å². The van der Waals surface area contributed by atoms with Gasteiger partial charge in [0.25, 0.3) is 0 Å². The average molecular weight is 1850 g/mol. The van der Waals surface area contributed by atoms with Crippen LogP contribution in [0.1, 0.15) is 108 Å². The summed E-state index contributed by atoms with van der Waals surface area (Å²) < 4.78 is 15.4. The molecule has 0 radical (unpaired) electrons. The number of rotatable bonds is 22. The van der Waals surface area contributed by atoms with Crippen LogP contribution in [0.2, 0.25) is 0 Å². The monoisotopic (exact) mass is 1850 g/mol. The summed E-state index contributed by atoms with van der Waals surface area (Å²) in [5.41, 5.74) is 18.9. The van der Waals surface area contributed by atoms with Gasteiger partial charge in [-0.3, -0.25) is 96.5 Å². The number of amides is 17. The molecule has 3 saturated heterocycles. The Morgan fingerprint density at radius 1 is 0.496 bits per heavy atom. The van der Waals surface area contributed by atoms with E-state index < -0.39 is 280 Å². The molecule has 0 spiro atoms. The number of guanidine groups is 1. The highest BCUT2D eigenvalue weighted by Crippen LogP contribution is 2.25. The molecule has 17 amide bonds. The van der Waals surface area contributed by atoms with Crippen LogP contribution in [-0.4, -0.2) is 287 Å². The number of hydrogen-bond acceptors (Lipinski definition) is 23. The number of benzene rings is 3. The first-order valence-electron chi connectivity index (χ1n) is 41.5. The second-order valence-electron chi connectivity index (χ2n) is 31.3. The molecule has 5 heterocycles. The van der Waals surface area contributed by atoms with Crippen LogP contribution < -0.4 is 86.3 Å². The van der Waals surface area contributed by atoms with Crippen molar-refractivity contribution in [2.75, 3.05) is 67.6 Å². The molecule has 698 valence electrons. The van der Waals surface area contributed by atoms with E-state index in [9.17, 15) is 82.1 Å². The van der Waals surface area contributed by atoms with Crippen molar-refractivity contribution in [3.05, 3.63) is 108 Å². The van der Waals surface area contributed by atoms with Crippen molar-refractivity contribution in [1.82, 2.24) is 93.8 Å². The minimum atomic E-state index is -2.23. The van der Waals surface area contributed by atoms with E-state index in [1.807, 2.05) is 0 Å². The van der Waals surface area contributed by atoms with Crippen LogP contribution in [0.4, 0.5) is 4.39 Å². The van der Waals surface area contributed by atoms with Crippen LogP contribution in [0.15, 0.2) is 85.2 Å². The highest BCUT2D eigenvalue weighted by atomic mass is 32.2. The second-order valence-corrected chi connectivity index (χ2v) is 34.8. The van der Waals surface area contributed by atoms with E-state index in [1.54, 1.807) is 68.6 Å². The first kappa shape index (κ1) is 101. The molecular weight excluding hydrogens is 1740 g/mol. The van der Waals surface area contributed by atoms with Crippen LogP contribution in [0, 0.1) is 17.1 Å². The van der Waals surface area contributed by atoms with Crippen LogP contribution in [0.5, 0.6) is 0 Å². The average Bonchev–Trinajstić information content (AvgIpc) is 1.76. The molecule has 43 nitrogen and oxygen atoms in total. The third-order valence-electron chi connectivity index (χ3n) is 20.8. The van der Waals surface area contributed by atoms with Gasteiger partial charge in [0.15, 0.2) is 5.96 Å². The predicted molar refractivity (Wildman–Crippen MR) is 470 cm³/mol. The number of carbonyl (C=O) groups is 19. The highest BCUT2D eigenvalue weighted by molar-refractivity contribution is 7.99. The number of carbonyl (C=O) groups excluding carboxylic acids is 17. The maximum Gasteiger partial charge on any atom is 0.305 e. The number of thioether (sulfide) groups is 3. The molecule has 11 atom stereocenters. The Hall–Kier alpha value is -13.1. The highest BCUT2D eigenvalue weighted by Gasteiger charge is 2.40. The first-order valence-corrected chi connectivity index (χ1v) is 44.9. The largest absolute Gasteiger partial charge is 0.481 e. The number of primary amides is 2. The molecular formula is C82H109FN22O21S3. The van der Waals surface area contributed by atoms with Crippen LogP contribution in [0.25, 0.3) is 21.8 Å². The van der Waals surface area contributed by atoms with E-state index in [0.717, 1.165) is 53.2 Å². The Morgan fingerprint density at radius 3 is 1.46 bits per heavy atom. The zero-order valence-electron chi connectivity index (χ0n) is 71.0. The number of hydrogen-bond donors (Lipinski definition) is 21. The summed E-state index contributed by atoms with van der Waals surface area (Å²) in [5.74, 6) is -23.8. The number of halogens is 1. The van der Waals surface area contributed by atoms with Gasteiger partial charge in [-0.25, -0.2) is 4.39 Å². The Morgan fingerprint density at radius 2 is 0.938 bits per heavy atom. The maximum atomic E-state index is 15.5. The fourth-order valence-electron chi connectivity index (χ4n) is 14.1. The smallest absolute Gasteiger partial charge is 0.305 e. The van der Waals surface area contributed by atoms with E-state index >= 15 is 23.6 Å². The molecule has 4 bridgehead atoms. The molecule has 0 aliphatic carbocycles. The molecule has 24 N–H and O–H groups in total. The van der Waals surface area contributed by atoms with Crippen LogP contribution >= 0.6 is 35.3 Å². The minimum Gasteiger partial charge on any atom is -0.481 e. The quantitative estimate of drug-likeness (QED) is 0.0181. The van der Waals surface area contributed by atoms with Crippen molar-refractivity contribution in [2.24, 2.45) is 23.1 Å². The van der Waals surface area contributed by atoms with E-state index in [-0.39, 0.29) is 79.4 Å². The van der Waals surface area contributed by atoms with E-state index in [0.29, 0.717) is 32.9 Å². The normalized spacial score (nSPS) is 23.2. The number of aliphatic carboxylic acids is 2. The summed E-state index contributed by atoms with van der Waals surface area (Å²) in [4.78, 5) is 280. The van der Waals surface area contributed by atoms with Crippen LogP contribution in [-0.2, 0) is 110 Å². The molecule has 129 heavy (non-hydrogen) atoms. The Labute approximate surface area is 752 Å². The van der Waals surface area contributed by atoms with Gasteiger partial charge in [-0.05, 0) is 72.9 Å². The van der Waals surface area contributed by atoms with Gasteiger partial charge in [0.1, 0.15) is 72.3 Å². The van der Waals surface area contributed by atoms with Gasteiger partial charge in [0.2, 0.25) is 100 Å². The zero-order chi connectivity index (χ0) is 94.1. The summed E-state index contributed by atoms with van der Waals surface area (Å²) in [5, 5.41) is 62.0. The lowest BCUT2D eigenvalue weighted by Gasteiger charge is -2.42. The molecule has 3 fully saturated rings. The van der Waals surface area contributed by atoms with Crippen molar-refractivity contribution in [2.45, 2.75) is 177 Å². The fraction of sp³-hybridized carbons (Fsp3) is 0.488. The first-order chi connectivity index (χ1) is 61.4. The van der Waals surface area contributed by atoms with Gasteiger partial charge < -0.3 is 121 Å². The number of carboxylic acids is 2. The lowest BCUT2D eigenvalue weighted by molar-refractivity contribution is -0.158. The number of fused-ring (bicyclic) bond motifs is 9. The SMILES string of the molecule is CC(=O)N[C@H]1CSCCC(=O)N2CN3CN(C2)C(=O)CCSC[C@H](NC(=O)[C@H](CC(=O)O)NC(=O)[C@H](CCC(=O)O)NC(=O)[C@H](CC(C)C)NC(=O)[C@H](Cc2c[nH]c4ccccc24)NC(=O)[C@H](CCC(N)=O)NC1=O)C(=O)N[C@@H](Cc1c[nH]c2ccccc12)C(=O)N[C@@H](CCCNC(=N)N)C(=O)NCC(=O)N[C@@H](Cc1ccccc1F)C(=O)N[C@H](C(N)=O)CSCCC3=O. The summed E-state index contributed by atoms with van der Waals surface area (Å²) in [6, 6.07) is -0.382. The molecule has 3 aromatic carbocycles. The standard InChI is InChI=1S/C82H109FN22O21S3/c1-43(2)29-56-75(120)95-55(19-21-69(112)113)74(119)100-60(33-70(114)115)79(124)102-63-39-129-28-24-68(111)105-41-103(40-104(42-105)67(110)23-27-128-38-62(92-44(3)106)80(125)96-54(18-20-64(84)107)73(118)98-59(78(123)97-56)32-47-35-90-52-16-9-6-13-49(47)52)66(109)22-26-127-37-61(71(85)116)101-76(121)57(30-45-11-4-7-14-50(45)83)93-65(108)36-91-72(117)53(17-10-25-88-82(86)87)94-77(122)58(99-81(63)126)31-46-34-89-51-15-8-5-12-48(46)51/h4-9,11-16,34-35,43,53-63,89-90H,10,17-33,36-42H2,1-3H3,(H2,84,107)(H2,85,116)(H,91,117)(H,92,106)(H,93,108)(H,94,122)(H,95,120)(H,96,125)(H,97,123)(H,98,118)(H,99,126)(H,100,119)(H,101,121)(H,102,124)(H,112,113)(H,114,115)(H4,86,87,88)/t53-,54-,55-,56-,57-,58-,59-,60-,61-,62-,63-/m0/s1. The summed E-state index contributed by atoms with van der Waals surface area (Å²) in [7, 11) is 0. The van der Waals surface area contributed by atoms with Gasteiger partial charge in [0.05, 0.1) is 33.0 Å². The van der Waals surface area contributed by atoms with Gasteiger partial charge in [0, 0.05) is 134 Å². The van der Waals surface area contributed by atoms with E-state index in [4.69, 9.17) is 22.6 Å². The molecule has 3 aliphatic rings. The maximum absolute atomic E-state index is 15.5. The fourth-order valence-corrected chi connectivity index (χ4v) is 17.0. The molecule has 47 heteroatoms. The Balaban J connectivity index is 1.23. The van der Waals surface area contributed by atoms with Crippen molar-refractivity contribution in [1.29, 1.82) is 5.41 Å². The second kappa shape index (κ2) is 49.9. The van der Waals surface area contributed by atoms with Crippen molar-refractivity contribution >= 4 is 175 Å². The number of nitrogens with one attached hydrogen (secondary N) is 16. The molecule has 0 saturated carbocycles. The van der Waals surface area contributed by atoms with Crippen molar-refractivity contribution in [3.63, 3.8) is 0 Å². The topological polar surface area (TPSA) is 664 Å². The van der Waals surface area contributed by atoms with Gasteiger partial charge in [-0.1, -0.05) is 68.4 Å². The molecule has 0 unspecified atom stereocenters. The predicted octanol–water partition coefficient (Wildman–Crippen LogP) is -3.55. The summed E-state index contributed by atoms with van der Waals surface area (Å²) in [6.07, 6.45) is -3.81. The summed E-state index contributed by atoms with van der Waals surface area (Å²) >= 11 is 2.76. The minimum absolute atomic E-state index is 0.0203. The number of carboxylic acid groups (broad SMARTS) is 2.